The van der Waals surface area contributed by atoms with Gasteiger partial charge in [0.1, 0.15) is 0 Å². The van der Waals surface area contributed by atoms with E-state index in [4.69, 9.17) is 6.58 Å². The maximum Gasteiger partial charge on any atom is 4.00 e. The largest absolute Gasteiger partial charge is 4.00 e. The first-order chi connectivity index (χ1) is 20.5. The Balaban J connectivity index is 0.000000204. The summed E-state index contributed by atoms with van der Waals surface area (Å²) >= 11 is 0. The van der Waals surface area contributed by atoms with Crippen molar-refractivity contribution in [3.63, 3.8) is 0 Å². The van der Waals surface area contributed by atoms with Gasteiger partial charge in [0.05, 0.1) is 11.1 Å². The van der Waals surface area contributed by atoms with E-state index < -0.39 is 23.5 Å². The monoisotopic (exact) mass is 780 g/mol. The minimum Gasteiger partial charge on any atom is -0.514 e. The standard InChI is InChI=1S/2C16H10F3.C5H7.CH3.Hf/c2*17-16(18,19)13-9-7-12(8-10-13)15-6-2-4-11-3-1-5-14(11)15;1-5-3-2-4-5;;/h2*1-10H;1H,2-4H2;1H3;/q4*-1;+4. The average molecular weight is 779 g/mol. The first-order valence-corrected chi connectivity index (χ1v) is 13.7. The molecule has 0 nitrogen and oxygen atoms in total. The molecule has 0 aromatic heterocycles. The number of benzene rings is 4. The van der Waals surface area contributed by atoms with Crippen molar-refractivity contribution >= 4 is 21.5 Å². The molecule has 0 unspecified atom stereocenters. The van der Waals surface area contributed by atoms with Crippen LogP contribution in [-0.4, -0.2) is 0 Å². The molecule has 0 amide bonds. The van der Waals surface area contributed by atoms with E-state index in [-0.39, 0.29) is 33.3 Å². The molecule has 0 radical (unpaired) electrons. The van der Waals surface area contributed by atoms with Crippen LogP contribution in [0.1, 0.15) is 30.4 Å². The Morgan fingerprint density at radius 2 is 0.889 bits per heavy atom. The third-order valence-corrected chi connectivity index (χ3v) is 7.40. The quantitative estimate of drug-likeness (QED) is 0.0933. The molecule has 7 heteroatoms. The fourth-order valence-corrected chi connectivity index (χ4v) is 4.89. The number of fused-ring (bicyclic) bond motifs is 2. The minimum atomic E-state index is -4.29. The van der Waals surface area contributed by atoms with E-state index in [1.807, 2.05) is 72.8 Å². The normalized spacial score (nSPS) is 12.5. The van der Waals surface area contributed by atoms with Crippen LogP contribution in [0.5, 0.6) is 0 Å². The molecule has 0 saturated heterocycles. The molecule has 6 aromatic rings. The van der Waals surface area contributed by atoms with Gasteiger partial charge in [-0.05, 0) is 35.4 Å². The summed E-state index contributed by atoms with van der Waals surface area (Å²) in [5, 5.41) is 4.30. The summed E-state index contributed by atoms with van der Waals surface area (Å²) < 4.78 is 75.2. The molecule has 1 saturated carbocycles. The van der Waals surface area contributed by atoms with Crippen LogP contribution in [0.3, 0.4) is 0 Å². The van der Waals surface area contributed by atoms with Crippen LogP contribution in [0, 0.1) is 14.0 Å². The predicted molar refractivity (Wildman–Crippen MR) is 168 cm³/mol. The van der Waals surface area contributed by atoms with Gasteiger partial charge in [-0.1, -0.05) is 66.8 Å². The summed E-state index contributed by atoms with van der Waals surface area (Å²) in [4.78, 5) is 0. The van der Waals surface area contributed by atoms with Crippen molar-refractivity contribution in [3.8, 4) is 22.3 Å². The maximum absolute atomic E-state index is 12.5. The second-order valence-electron chi connectivity index (χ2n) is 10.3. The molecule has 0 aliphatic heterocycles. The molecule has 7 rings (SSSR count). The number of rotatable bonds is 2. The molecule has 0 atom stereocenters. The smallest absolute Gasteiger partial charge is 0.514 e. The third kappa shape index (κ3) is 8.72. The summed E-state index contributed by atoms with van der Waals surface area (Å²) in [6.45, 7) is 5.30. The van der Waals surface area contributed by atoms with E-state index in [9.17, 15) is 26.3 Å². The Kier molecular flexibility index (Phi) is 12.0. The molecule has 0 heterocycles. The van der Waals surface area contributed by atoms with Gasteiger partial charge in [0.15, 0.2) is 0 Å². The zero-order valence-electron chi connectivity index (χ0n) is 24.5. The molecular formula is C38H30F6Hf. The molecule has 1 fully saturated rings. The van der Waals surface area contributed by atoms with Crippen molar-refractivity contribution in [1.29, 1.82) is 0 Å². The first-order valence-electron chi connectivity index (χ1n) is 13.7. The van der Waals surface area contributed by atoms with Gasteiger partial charge >= 0.3 is 38.2 Å². The molecular weight excluding hydrogens is 749 g/mol. The molecule has 45 heavy (non-hydrogen) atoms. The summed E-state index contributed by atoms with van der Waals surface area (Å²) in [5.41, 5.74) is 3.45. The Morgan fingerprint density at radius 3 is 1.18 bits per heavy atom. The molecule has 0 bridgehead atoms. The van der Waals surface area contributed by atoms with E-state index in [0.29, 0.717) is 0 Å². The fourth-order valence-electron chi connectivity index (χ4n) is 4.89. The van der Waals surface area contributed by atoms with Gasteiger partial charge in [0.25, 0.3) is 0 Å². The van der Waals surface area contributed by atoms with Crippen LogP contribution >= 0.6 is 0 Å². The molecule has 1 aliphatic carbocycles. The van der Waals surface area contributed by atoms with Crippen molar-refractivity contribution < 1.29 is 52.2 Å². The van der Waals surface area contributed by atoms with Gasteiger partial charge in [0, 0.05) is 0 Å². The second-order valence-corrected chi connectivity index (χ2v) is 10.3. The number of hydrogen-bond acceptors (Lipinski definition) is 0. The maximum atomic E-state index is 12.5. The number of alkyl halides is 6. The van der Waals surface area contributed by atoms with Gasteiger partial charge in [-0.3, -0.25) is 5.57 Å². The SMILES string of the molecule is FC(F)(F)c1ccc(-c2cccc3[cH-]ccc23)cc1.FC(F)(F)c1ccc(-c2cccc3[cH-]ccc23)cc1.[CH-]=C1CCC1.[CH3-].[Hf+4]. The van der Waals surface area contributed by atoms with Crippen LogP contribution in [0.4, 0.5) is 26.3 Å². The Labute approximate surface area is 278 Å². The average Bonchev–Trinajstić information content (AvgIpc) is 3.66. The van der Waals surface area contributed by atoms with Crippen molar-refractivity contribution in [3.05, 3.63) is 152 Å². The molecule has 0 N–H and O–H groups in total. The topological polar surface area (TPSA) is 0 Å². The van der Waals surface area contributed by atoms with Gasteiger partial charge in [0.2, 0.25) is 0 Å². The summed E-state index contributed by atoms with van der Waals surface area (Å²) in [7, 11) is 0. The van der Waals surface area contributed by atoms with E-state index in [1.54, 1.807) is 0 Å². The second kappa shape index (κ2) is 15.0. The Hall–Kier alpha value is -3.71. The van der Waals surface area contributed by atoms with Crippen LogP contribution < -0.4 is 0 Å². The van der Waals surface area contributed by atoms with Gasteiger partial charge in [-0.15, -0.1) is 57.9 Å². The van der Waals surface area contributed by atoms with Gasteiger partial charge < -0.3 is 14.0 Å². The van der Waals surface area contributed by atoms with Crippen molar-refractivity contribution in [2.75, 3.05) is 0 Å². The van der Waals surface area contributed by atoms with Crippen molar-refractivity contribution in [1.82, 2.24) is 0 Å². The summed E-state index contributed by atoms with van der Waals surface area (Å²) in [6, 6.07) is 34.0. The third-order valence-electron chi connectivity index (χ3n) is 7.40. The van der Waals surface area contributed by atoms with Crippen LogP contribution in [0.25, 0.3) is 43.8 Å². The van der Waals surface area contributed by atoms with Gasteiger partial charge in [-0.25, -0.2) is 0 Å². The van der Waals surface area contributed by atoms with Gasteiger partial charge in [-0.2, -0.15) is 50.6 Å². The van der Waals surface area contributed by atoms with Crippen molar-refractivity contribution in [2.45, 2.75) is 31.6 Å². The van der Waals surface area contributed by atoms with E-state index in [1.165, 1.54) is 49.1 Å². The summed E-state index contributed by atoms with van der Waals surface area (Å²) in [6.07, 6.45) is -4.89. The molecule has 228 valence electrons. The number of halogens is 6. The van der Waals surface area contributed by atoms with E-state index in [2.05, 4.69) is 0 Å². The fraction of sp³-hybridized carbons (Fsp3) is 0.132. The zero-order valence-corrected chi connectivity index (χ0v) is 28.1. The number of hydrogen-bond donors (Lipinski definition) is 0. The minimum absolute atomic E-state index is 0. The zero-order chi connectivity index (χ0) is 30.6. The van der Waals surface area contributed by atoms with Crippen LogP contribution in [-0.2, 0) is 38.2 Å². The Bertz CT molecular complexity index is 1680. The molecule has 0 spiro atoms. The molecule has 1 aliphatic rings. The number of allylic oxidation sites excluding steroid dienone is 1. The van der Waals surface area contributed by atoms with E-state index in [0.717, 1.165) is 68.1 Å². The van der Waals surface area contributed by atoms with Crippen LogP contribution in [0.15, 0.2) is 127 Å². The first kappa shape index (κ1) is 35.8. The molecule has 6 aromatic carbocycles. The van der Waals surface area contributed by atoms with E-state index >= 15 is 0 Å². The van der Waals surface area contributed by atoms with Crippen LogP contribution in [0.2, 0.25) is 0 Å². The summed E-state index contributed by atoms with van der Waals surface area (Å²) in [5.74, 6) is 0. The Morgan fingerprint density at radius 1 is 0.533 bits per heavy atom. The van der Waals surface area contributed by atoms with Crippen molar-refractivity contribution in [2.24, 2.45) is 0 Å². The predicted octanol–water partition coefficient (Wildman–Crippen LogP) is 12.5.